The molecule has 208 valence electrons. The Kier molecular flexibility index (Phi) is 7.73. The number of nitriles is 1. The Hall–Kier alpha value is -3.85. The van der Waals surface area contributed by atoms with Crippen LogP contribution in [0.1, 0.15) is 12.0 Å². The molecule has 3 fully saturated rings. The number of anilines is 3. The summed E-state index contributed by atoms with van der Waals surface area (Å²) in [4.78, 5) is 13.3. The molecule has 2 aromatic carbocycles. The Morgan fingerprint density at radius 1 is 1.10 bits per heavy atom. The Balaban J connectivity index is 1.13. The first-order chi connectivity index (χ1) is 19.6. The molecule has 2 atom stereocenters. The van der Waals surface area contributed by atoms with Crippen molar-refractivity contribution >= 4 is 17.3 Å². The molecule has 0 radical (unpaired) electrons. The van der Waals surface area contributed by atoms with Crippen molar-refractivity contribution in [3.63, 3.8) is 0 Å². The van der Waals surface area contributed by atoms with Gasteiger partial charge in [-0.1, -0.05) is 0 Å². The van der Waals surface area contributed by atoms with Crippen LogP contribution >= 0.6 is 0 Å². The number of piperidine rings is 1. The zero-order valence-corrected chi connectivity index (χ0v) is 22.0. The van der Waals surface area contributed by atoms with Gasteiger partial charge in [-0.2, -0.15) is 5.26 Å². The number of aromatic nitrogens is 2. The summed E-state index contributed by atoms with van der Waals surface area (Å²) in [5, 5.41) is 15.8. The molecule has 0 aliphatic carbocycles. The van der Waals surface area contributed by atoms with Crippen molar-refractivity contribution in [1.29, 1.82) is 5.26 Å². The van der Waals surface area contributed by atoms with Gasteiger partial charge in [0.15, 0.2) is 5.82 Å². The molecule has 1 aromatic heterocycles. The monoisotopic (exact) mass is 547 g/mol. The number of nitrogens with one attached hydrogen (secondary N) is 2. The second kappa shape index (κ2) is 11.7. The molecule has 3 aliphatic heterocycles. The van der Waals surface area contributed by atoms with Gasteiger partial charge in [0.25, 0.3) is 0 Å². The molecule has 3 saturated heterocycles. The van der Waals surface area contributed by atoms with Crippen LogP contribution in [0.4, 0.5) is 26.1 Å². The minimum Gasteiger partial charge on any atom is -0.486 e. The van der Waals surface area contributed by atoms with Gasteiger partial charge in [-0.3, -0.25) is 4.90 Å². The van der Waals surface area contributed by atoms with Gasteiger partial charge in [0, 0.05) is 49.7 Å². The SMILES string of the molecule is N#Cc1cc(-c2nc(Nc3ccc(N4CCN(C5COC5)CC4)cc3)ncc2F)ccc1O[C@H]1CCNCC1F. The lowest BCUT2D eigenvalue weighted by Crippen LogP contribution is -2.56. The number of alkyl halides is 1. The minimum absolute atomic E-state index is 0.0529. The van der Waals surface area contributed by atoms with Gasteiger partial charge >= 0.3 is 0 Å². The van der Waals surface area contributed by atoms with Crippen LogP contribution in [0.2, 0.25) is 0 Å². The van der Waals surface area contributed by atoms with Crippen molar-refractivity contribution in [2.24, 2.45) is 0 Å². The number of rotatable bonds is 7. The number of halogens is 2. The molecule has 40 heavy (non-hydrogen) atoms. The van der Waals surface area contributed by atoms with Gasteiger partial charge in [-0.25, -0.2) is 18.7 Å². The van der Waals surface area contributed by atoms with E-state index >= 15 is 0 Å². The maximum absolute atomic E-state index is 14.8. The summed E-state index contributed by atoms with van der Waals surface area (Å²) >= 11 is 0. The van der Waals surface area contributed by atoms with E-state index in [0.29, 0.717) is 24.6 Å². The number of nitrogens with zero attached hydrogens (tertiary/aromatic N) is 5. The summed E-state index contributed by atoms with van der Waals surface area (Å²) < 4.78 is 40.1. The van der Waals surface area contributed by atoms with Crippen LogP contribution in [0.25, 0.3) is 11.3 Å². The second-order valence-corrected chi connectivity index (χ2v) is 10.3. The first-order valence-corrected chi connectivity index (χ1v) is 13.6. The number of hydrogen-bond donors (Lipinski definition) is 2. The molecule has 3 aromatic rings. The highest BCUT2D eigenvalue weighted by molar-refractivity contribution is 5.67. The largest absolute Gasteiger partial charge is 0.486 e. The fourth-order valence-electron chi connectivity index (χ4n) is 5.25. The molecule has 3 aliphatic rings. The Labute approximate surface area is 231 Å². The third kappa shape index (κ3) is 5.70. The number of benzene rings is 2. The standard InChI is InChI=1S/C29H31F2N7O2/c30-24-15-33-8-7-27(24)40-26-6-1-19(13-20(26)14-32)28-25(31)16-34-29(36-28)35-21-2-4-22(5-3-21)37-9-11-38(12-10-37)23-17-39-18-23/h1-6,13,16,23-24,27,33H,7-12,15,17-18H2,(H,34,35,36)/t24?,27-/m0/s1. The predicted molar refractivity (Wildman–Crippen MR) is 147 cm³/mol. The molecular formula is C29H31F2N7O2. The van der Waals surface area contributed by atoms with Gasteiger partial charge in [0.2, 0.25) is 5.95 Å². The summed E-state index contributed by atoms with van der Waals surface area (Å²) in [6.07, 6.45) is -0.203. The topological polar surface area (TPSA) is 98.6 Å². The van der Waals surface area contributed by atoms with Crippen LogP contribution in [0.3, 0.4) is 0 Å². The molecule has 4 heterocycles. The summed E-state index contributed by atoms with van der Waals surface area (Å²) in [5.41, 5.74) is 2.56. The molecule has 9 nitrogen and oxygen atoms in total. The first-order valence-electron chi connectivity index (χ1n) is 13.6. The van der Waals surface area contributed by atoms with E-state index in [1.807, 2.05) is 12.1 Å². The first kappa shape index (κ1) is 26.4. The fourth-order valence-corrected chi connectivity index (χ4v) is 5.25. The maximum atomic E-state index is 14.8. The van der Waals surface area contributed by atoms with E-state index in [1.165, 1.54) is 6.07 Å². The van der Waals surface area contributed by atoms with E-state index < -0.39 is 18.1 Å². The molecular weight excluding hydrogens is 516 g/mol. The highest BCUT2D eigenvalue weighted by Gasteiger charge is 2.29. The fraction of sp³-hybridized carbons (Fsp3) is 0.414. The average molecular weight is 548 g/mol. The van der Waals surface area contributed by atoms with Gasteiger partial charge in [-0.05, 0) is 55.4 Å². The van der Waals surface area contributed by atoms with Crippen LogP contribution in [-0.2, 0) is 4.74 Å². The third-order valence-corrected chi connectivity index (χ3v) is 7.68. The highest BCUT2D eigenvalue weighted by atomic mass is 19.1. The van der Waals surface area contributed by atoms with Crippen LogP contribution in [0, 0.1) is 17.1 Å². The van der Waals surface area contributed by atoms with Crippen molar-refractivity contribution in [3.05, 3.63) is 60.0 Å². The van der Waals surface area contributed by atoms with Crippen LogP contribution in [-0.4, -0.2) is 85.7 Å². The molecule has 11 heteroatoms. The third-order valence-electron chi connectivity index (χ3n) is 7.68. The zero-order valence-electron chi connectivity index (χ0n) is 22.0. The van der Waals surface area contributed by atoms with Crippen molar-refractivity contribution in [1.82, 2.24) is 20.2 Å². The van der Waals surface area contributed by atoms with Gasteiger partial charge in [0.05, 0.1) is 31.0 Å². The van der Waals surface area contributed by atoms with E-state index in [4.69, 9.17) is 9.47 Å². The lowest BCUT2D eigenvalue weighted by molar-refractivity contribution is -0.0660. The Bertz CT molecular complexity index is 1370. The second-order valence-electron chi connectivity index (χ2n) is 10.3. The maximum Gasteiger partial charge on any atom is 0.227 e. The quantitative estimate of drug-likeness (QED) is 0.461. The van der Waals surface area contributed by atoms with E-state index in [-0.39, 0.29) is 29.5 Å². The molecule has 6 rings (SSSR count). The predicted octanol–water partition coefficient (Wildman–Crippen LogP) is 3.50. The van der Waals surface area contributed by atoms with Crippen molar-refractivity contribution in [2.45, 2.75) is 24.7 Å². The van der Waals surface area contributed by atoms with Gasteiger partial charge < -0.3 is 25.0 Å². The van der Waals surface area contributed by atoms with Crippen molar-refractivity contribution < 1.29 is 18.3 Å². The normalized spacial score (nSPS) is 21.9. The van der Waals surface area contributed by atoms with Crippen LogP contribution in [0.5, 0.6) is 5.75 Å². The number of piperazine rings is 1. The lowest BCUT2D eigenvalue weighted by Gasteiger charge is -2.43. The Morgan fingerprint density at radius 3 is 2.60 bits per heavy atom. The summed E-state index contributed by atoms with van der Waals surface area (Å²) in [7, 11) is 0. The average Bonchev–Trinajstić information content (AvgIpc) is 2.95. The van der Waals surface area contributed by atoms with Crippen molar-refractivity contribution in [3.8, 4) is 23.1 Å². The van der Waals surface area contributed by atoms with Gasteiger partial charge in [-0.15, -0.1) is 0 Å². The van der Waals surface area contributed by atoms with E-state index in [0.717, 1.165) is 57.0 Å². The van der Waals surface area contributed by atoms with Crippen LogP contribution in [0.15, 0.2) is 48.7 Å². The van der Waals surface area contributed by atoms with E-state index in [9.17, 15) is 14.0 Å². The zero-order chi connectivity index (χ0) is 27.5. The van der Waals surface area contributed by atoms with E-state index in [2.05, 4.69) is 48.6 Å². The molecule has 0 amide bonds. The van der Waals surface area contributed by atoms with Crippen LogP contribution < -0.4 is 20.3 Å². The minimum atomic E-state index is -1.17. The molecule has 0 bridgehead atoms. The Morgan fingerprint density at radius 2 is 1.90 bits per heavy atom. The lowest BCUT2D eigenvalue weighted by atomic mass is 10.1. The van der Waals surface area contributed by atoms with E-state index in [1.54, 1.807) is 12.1 Å². The highest BCUT2D eigenvalue weighted by Crippen LogP contribution is 2.30. The number of ether oxygens (including phenoxy) is 2. The summed E-state index contributed by atoms with van der Waals surface area (Å²) in [6.45, 7) is 6.51. The van der Waals surface area contributed by atoms with Crippen molar-refractivity contribution in [2.75, 3.05) is 62.7 Å². The molecule has 1 unspecified atom stereocenters. The molecule has 0 spiro atoms. The smallest absolute Gasteiger partial charge is 0.227 e. The summed E-state index contributed by atoms with van der Waals surface area (Å²) in [6, 6.07) is 15.3. The number of hydrogen-bond acceptors (Lipinski definition) is 9. The molecule has 0 saturated carbocycles. The van der Waals surface area contributed by atoms with Gasteiger partial charge in [0.1, 0.15) is 29.8 Å². The summed E-state index contributed by atoms with van der Waals surface area (Å²) in [5.74, 6) is -0.116. The molecule has 2 N–H and O–H groups in total.